The maximum Gasteiger partial charge on any atom is 0.106 e. The van der Waals surface area contributed by atoms with Crippen molar-refractivity contribution < 1.29 is 15.3 Å². The van der Waals surface area contributed by atoms with Crippen LogP contribution in [0.3, 0.4) is 0 Å². The molecule has 0 aliphatic carbocycles. The van der Waals surface area contributed by atoms with Gasteiger partial charge in [0.2, 0.25) is 0 Å². The van der Waals surface area contributed by atoms with E-state index in [1.54, 1.807) is 12.3 Å². The van der Waals surface area contributed by atoms with Crippen LogP contribution in [0.5, 0.6) is 0 Å². The van der Waals surface area contributed by atoms with E-state index in [4.69, 9.17) is 0 Å². The Morgan fingerprint density at radius 3 is 2.26 bits per heavy atom. The molecule has 0 atom stereocenters. The van der Waals surface area contributed by atoms with Crippen molar-refractivity contribution in [3.8, 4) is 0 Å². The summed E-state index contributed by atoms with van der Waals surface area (Å²) in [5.41, 5.74) is 1.74. The summed E-state index contributed by atoms with van der Waals surface area (Å²) in [6.07, 6.45) is 4.02. The highest BCUT2D eigenvalue weighted by Crippen LogP contribution is 2.27. The van der Waals surface area contributed by atoms with Crippen molar-refractivity contribution in [3.05, 3.63) is 59.3 Å². The molecule has 0 aromatic heterocycles. The smallest absolute Gasteiger partial charge is 0.106 e. The van der Waals surface area contributed by atoms with Crippen LogP contribution < -0.4 is 5.32 Å². The average Bonchev–Trinajstić information content (AvgIpc) is 2.49. The number of benzene rings is 1. The van der Waals surface area contributed by atoms with Crippen LogP contribution in [0.4, 0.5) is 0 Å². The third-order valence-electron chi connectivity index (χ3n) is 3.54. The summed E-state index contributed by atoms with van der Waals surface area (Å²) in [4.78, 5) is 0. The molecule has 4 heteroatoms. The molecule has 1 aromatic carbocycles. The Morgan fingerprint density at radius 2 is 1.68 bits per heavy atom. The van der Waals surface area contributed by atoms with E-state index in [9.17, 15) is 15.3 Å². The predicted molar refractivity (Wildman–Crippen MR) is 73.4 cm³/mol. The van der Waals surface area contributed by atoms with E-state index in [2.05, 4.69) is 5.32 Å². The molecule has 0 fully saturated rings. The van der Waals surface area contributed by atoms with Gasteiger partial charge in [-0.05, 0) is 35.4 Å². The maximum absolute atomic E-state index is 9.63. The third-order valence-corrected chi connectivity index (χ3v) is 3.54. The number of hydrogen-bond acceptors (Lipinski definition) is 4. The second-order valence-corrected chi connectivity index (χ2v) is 4.70. The number of rotatable bonds is 5. The monoisotopic (exact) mass is 261 g/mol. The first-order chi connectivity index (χ1) is 9.25. The van der Waals surface area contributed by atoms with Crippen molar-refractivity contribution in [3.63, 3.8) is 0 Å². The summed E-state index contributed by atoms with van der Waals surface area (Å²) < 4.78 is 0. The Labute approximate surface area is 112 Å². The molecule has 0 saturated carbocycles. The Kier molecular flexibility index (Phi) is 4.37. The van der Waals surface area contributed by atoms with E-state index < -0.39 is 5.54 Å². The van der Waals surface area contributed by atoms with Gasteiger partial charge in [0, 0.05) is 0 Å². The number of aliphatic hydroxyl groups excluding tert-OH is 3. The summed E-state index contributed by atoms with van der Waals surface area (Å²) >= 11 is 0. The van der Waals surface area contributed by atoms with Crippen LogP contribution in [0.2, 0.25) is 0 Å². The Bertz CT molecular complexity index is 475. The zero-order valence-electron chi connectivity index (χ0n) is 10.7. The lowest BCUT2D eigenvalue weighted by atomic mass is 9.81. The van der Waals surface area contributed by atoms with Crippen molar-refractivity contribution in [1.82, 2.24) is 5.32 Å². The van der Waals surface area contributed by atoms with Gasteiger partial charge >= 0.3 is 0 Å². The third kappa shape index (κ3) is 2.71. The highest BCUT2D eigenvalue weighted by Gasteiger charge is 2.35. The number of hydrogen-bond donors (Lipinski definition) is 4. The molecule has 0 spiro atoms. The first kappa shape index (κ1) is 13.8. The van der Waals surface area contributed by atoms with E-state index in [1.165, 1.54) is 0 Å². The standard InChI is InChI=1S/C15H19NO3/c17-9-13-6-7-16-15(10-18,11-19)14(13)8-12-4-2-1-3-5-12/h1-7,16-19H,8-11H2. The minimum Gasteiger partial charge on any atom is -0.393 e. The van der Waals surface area contributed by atoms with Crippen LogP contribution in [-0.2, 0) is 6.42 Å². The summed E-state index contributed by atoms with van der Waals surface area (Å²) in [7, 11) is 0. The second-order valence-electron chi connectivity index (χ2n) is 4.70. The molecule has 0 saturated heterocycles. The molecule has 0 amide bonds. The first-order valence-electron chi connectivity index (χ1n) is 6.29. The minimum absolute atomic E-state index is 0.109. The molecule has 0 unspecified atom stereocenters. The van der Waals surface area contributed by atoms with Crippen LogP contribution in [0.15, 0.2) is 53.8 Å². The normalized spacial score (nSPS) is 17.4. The topological polar surface area (TPSA) is 72.7 Å². The first-order valence-corrected chi connectivity index (χ1v) is 6.29. The zero-order valence-corrected chi connectivity index (χ0v) is 10.7. The van der Waals surface area contributed by atoms with Crippen molar-refractivity contribution in [2.45, 2.75) is 12.0 Å². The molecule has 4 nitrogen and oxygen atoms in total. The van der Waals surface area contributed by atoms with Gasteiger partial charge in [0.1, 0.15) is 5.54 Å². The van der Waals surface area contributed by atoms with E-state index in [0.29, 0.717) is 6.42 Å². The molecule has 4 N–H and O–H groups in total. The molecular formula is C15H19NO3. The van der Waals surface area contributed by atoms with E-state index in [0.717, 1.165) is 16.7 Å². The Morgan fingerprint density at radius 1 is 1.00 bits per heavy atom. The van der Waals surface area contributed by atoms with Gasteiger partial charge in [0.15, 0.2) is 0 Å². The molecule has 1 aliphatic heterocycles. The van der Waals surface area contributed by atoms with Gasteiger partial charge in [0.05, 0.1) is 19.8 Å². The lowest BCUT2D eigenvalue weighted by molar-refractivity contribution is 0.122. The fourth-order valence-electron chi connectivity index (χ4n) is 2.36. The fourth-order valence-corrected chi connectivity index (χ4v) is 2.36. The van der Waals surface area contributed by atoms with Crippen LogP contribution in [0.25, 0.3) is 0 Å². The zero-order chi connectivity index (χ0) is 13.7. The van der Waals surface area contributed by atoms with Crippen LogP contribution in [0, 0.1) is 0 Å². The molecule has 102 valence electrons. The second kappa shape index (κ2) is 6.02. The quantitative estimate of drug-likeness (QED) is 0.617. The van der Waals surface area contributed by atoms with E-state index >= 15 is 0 Å². The minimum atomic E-state index is -0.900. The summed E-state index contributed by atoms with van der Waals surface area (Å²) in [6, 6.07) is 9.80. The highest BCUT2D eigenvalue weighted by molar-refractivity contribution is 5.41. The molecule has 1 aromatic rings. The van der Waals surface area contributed by atoms with Crippen molar-refractivity contribution in [2.75, 3.05) is 19.8 Å². The van der Waals surface area contributed by atoms with Gasteiger partial charge in [-0.15, -0.1) is 0 Å². The predicted octanol–water partition coefficient (Wildman–Crippen LogP) is 0.358. The maximum atomic E-state index is 9.63. The molecule has 19 heavy (non-hydrogen) atoms. The van der Waals surface area contributed by atoms with Crippen LogP contribution in [-0.4, -0.2) is 40.7 Å². The summed E-state index contributed by atoms with van der Waals surface area (Å²) in [5, 5.41) is 31.7. The van der Waals surface area contributed by atoms with Gasteiger partial charge in [-0.2, -0.15) is 0 Å². The number of nitrogens with one attached hydrogen (secondary N) is 1. The summed E-state index contributed by atoms with van der Waals surface area (Å²) in [6.45, 7) is -0.554. The molecule has 2 rings (SSSR count). The Hall–Kier alpha value is -1.62. The van der Waals surface area contributed by atoms with E-state index in [-0.39, 0.29) is 19.8 Å². The van der Waals surface area contributed by atoms with Gasteiger partial charge < -0.3 is 20.6 Å². The van der Waals surface area contributed by atoms with E-state index in [1.807, 2.05) is 30.3 Å². The fraction of sp³-hybridized carbons (Fsp3) is 0.333. The van der Waals surface area contributed by atoms with Crippen LogP contribution >= 0.6 is 0 Å². The van der Waals surface area contributed by atoms with Gasteiger partial charge in [-0.3, -0.25) is 0 Å². The van der Waals surface area contributed by atoms with Crippen LogP contribution in [0.1, 0.15) is 5.56 Å². The van der Waals surface area contributed by atoms with Crippen molar-refractivity contribution in [2.24, 2.45) is 0 Å². The SMILES string of the molecule is OCC1=C(Cc2ccccc2)C(CO)(CO)NC=C1. The average molecular weight is 261 g/mol. The lowest BCUT2D eigenvalue weighted by Crippen LogP contribution is -2.53. The van der Waals surface area contributed by atoms with Gasteiger partial charge in [-0.25, -0.2) is 0 Å². The molecule has 0 radical (unpaired) electrons. The van der Waals surface area contributed by atoms with Crippen molar-refractivity contribution in [1.29, 1.82) is 0 Å². The number of aliphatic hydroxyl groups is 3. The molecule has 1 heterocycles. The Balaban J connectivity index is 2.39. The van der Waals surface area contributed by atoms with Gasteiger partial charge in [0.25, 0.3) is 0 Å². The molecule has 0 bridgehead atoms. The highest BCUT2D eigenvalue weighted by atomic mass is 16.3. The lowest BCUT2D eigenvalue weighted by Gasteiger charge is -2.37. The van der Waals surface area contributed by atoms with Gasteiger partial charge in [-0.1, -0.05) is 30.3 Å². The molecule has 1 aliphatic rings. The molecular weight excluding hydrogens is 242 g/mol. The largest absolute Gasteiger partial charge is 0.393 e. The number of dihydropyridines is 1. The van der Waals surface area contributed by atoms with Crippen molar-refractivity contribution >= 4 is 0 Å². The summed E-state index contributed by atoms with van der Waals surface area (Å²) in [5.74, 6) is 0.